The summed E-state index contributed by atoms with van der Waals surface area (Å²) in [5.74, 6) is -1.53. The van der Waals surface area contributed by atoms with Crippen LogP contribution in [0.1, 0.15) is 12.5 Å². The van der Waals surface area contributed by atoms with Gasteiger partial charge in [0.1, 0.15) is 5.60 Å². The molecule has 0 saturated heterocycles. The van der Waals surface area contributed by atoms with Crippen LogP contribution in [0.25, 0.3) is 0 Å². The Morgan fingerprint density at radius 3 is 2.52 bits per heavy atom. The van der Waals surface area contributed by atoms with E-state index in [0.717, 1.165) is 0 Å². The van der Waals surface area contributed by atoms with Gasteiger partial charge in [-0.15, -0.1) is 0 Å². The molecule has 0 saturated carbocycles. The second-order valence-electron chi connectivity index (χ2n) is 4.79. The zero-order valence-corrected chi connectivity index (χ0v) is 12.3. The molecule has 110 valence electrons. The zero-order valence-electron chi connectivity index (χ0n) is 11.5. The van der Waals surface area contributed by atoms with Gasteiger partial charge in [-0.3, -0.25) is 9.59 Å². The molecule has 5 nitrogen and oxygen atoms in total. The Balaban J connectivity index is 1.90. The molecule has 0 aliphatic heterocycles. The predicted molar refractivity (Wildman–Crippen MR) is 82.0 cm³/mol. The first-order valence-corrected chi connectivity index (χ1v) is 7.32. The molecule has 0 fully saturated rings. The van der Waals surface area contributed by atoms with Crippen LogP contribution in [0, 0.1) is 0 Å². The SMILES string of the molecule is CC(O)(CNC(=O)C(=O)Nc1ccsc1)c1ccccc1. The number of amides is 2. The third-order valence-electron chi connectivity index (χ3n) is 2.97. The number of hydrogen-bond donors (Lipinski definition) is 3. The van der Waals surface area contributed by atoms with Crippen LogP contribution in [-0.4, -0.2) is 23.5 Å². The molecule has 21 heavy (non-hydrogen) atoms. The van der Waals surface area contributed by atoms with Gasteiger partial charge in [-0.1, -0.05) is 30.3 Å². The maximum absolute atomic E-state index is 11.7. The summed E-state index contributed by atoms with van der Waals surface area (Å²) in [4.78, 5) is 23.4. The molecule has 1 aromatic heterocycles. The van der Waals surface area contributed by atoms with Gasteiger partial charge in [-0.05, 0) is 23.9 Å². The number of hydrogen-bond acceptors (Lipinski definition) is 4. The van der Waals surface area contributed by atoms with Gasteiger partial charge in [0.15, 0.2) is 0 Å². The fourth-order valence-electron chi connectivity index (χ4n) is 1.76. The Bertz CT molecular complexity index is 609. The van der Waals surface area contributed by atoms with Crippen molar-refractivity contribution in [2.45, 2.75) is 12.5 Å². The quantitative estimate of drug-likeness (QED) is 0.752. The van der Waals surface area contributed by atoms with E-state index in [-0.39, 0.29) is 6.54 Å². The largest absolute Gasteiger partial charge is 0.384 e. The van der Waals surface area contributed by atoms with Gasteiger partial charge in [0.2, 0.25) is 0 Å². The van der Waals surface area contributed by atoms with Crippen LogP contribution in [0.5, 0.6) is 0 Å². The van der Waals surface area contributed by atoms with Gasteiger partial charge in [0, 0.05) is 5.38 Å². The Labute approximate surface area is 126 Å². The third kappa shape index (κ3) is 4.14. The highest BCUT2D eigenvalue weighted by Crippen LogP contribution is 2.18. The first kappa shape index (κ1) is 15.2. The Hall–Kier alpha value is -2.18. The maximum Gasteiger partial charge on any atom is 0.313 e. The van der Waals surface area contributed by atoms with Crippen LogP contribution in [0.4, 0.5) is 5.69 Å². The Morgan fingerprint density at radius 2 is 1.90 bits per heavy atom. The molecule has 0 aliphatic carbocycles. The minimum absolute atomic E-state index is 0.0487. The molecule has 0 aliphatic rings. The van der Waals surface area contributed by atoms with Crippen LogP contribution in [0.3, 0.4) is 0 Å². The molecule has 0 radical (unpaired) electrons. The topological polar surface area (TPSA) is 78.4 Å². The van der Waals surface area contributed by atoms with E-state index in [4.69, 9.17) is 0 Å². The molecule has 1 atom stereocenters. The number of carbonyl (C=O) groups is 2. The molecule has 1 aromatic carbocycles. The summed E-state index contributed by atoms with van der Waals surface area (Å²) in [5, 5.41) is 18.8. The van der Waals surface area contributed by atoms with E-state index in [1.54, 1.807) is 48.0 Å². The van der Waals surface area contributed by atoms with E-state index < -0.39 is 17.4 Å². The van der Waals surface area contributed by atoms with Crippen molar-refractivity contribution in [3.63, 3.8) is 0 Å². The minimum Gasteiger partial charge on any atom is -0.384 e. The van der Waals surface area contributed by atoms with Crippen LogP contribution in [0.15, 0.2) is 47.2 Å². The standard InChI is InChI=1S/C15H16N2O3S/c1-15(20,11-5-3-2-4-6-11)10-16-13(18)14(19)17-12-7-8-21-9-12/h2-9,20H,10H2,1H3,(H,16,18)(H,17,19). The van der Waals surface area contributed by atoms with E-state index in [1.165, 1.54) is 11.3 Å². The average molecular weight is 304 g/mol. The van der Waals surface area contributed by atoms with Crippen LogP contribution in [-0.2, 0) is 15.2 Å². The van der Waals surface area contributed by atoms with Crippen molar-refractivity contribution < 1.29 is 14.7 Å². The maximum atomic E-state index is 11.7. The van der Waals surface area contributed by atoms with Crippen molar-refractivity contribution >= 4 is 28.8 Å². The molecule has 1 unspecified atom stereocenters. The van der Waals surface area contributed by atoms with Crippen molar-refractivity contribution in [1.29, 1.82) is 0 Å². The van der Waals surface area contributed by atoms with Gasteiger partial charge in [0.25, 0.3) is 0 Å². The zero-order chi connectivity index (χ0) is 15.3. The number of carbonyl (C=O) groups excluding carboxylic acids is 2. The van der Waals surface area contributed by atoms with Crippen molar-refractivity contribution in [2.24, 2.45) is 0 Å². The van der Waals surface area contributed by atoms with Crippen molar-refractivity contribution in [2.75, 3.05) is 11.9 Å². The molecule has 2 aromatic rings. The molecule has 6 heteroatoms. The molecular weight excluding hydrogens is 288 g/mol. The number of anilines is 1. The van der Waals surface area contributed by atoms with Gasteiger partial charge >= 0.3 is 11.8 Å². The lowest BCUT2D eigenvalue weighted by Gasteiger charge is -2.24. The van der Waals surface area contributed by atoms with E-state index in [0.29, 0.717) is 11.3 Å². The molecule has 0 bridgehead atoms. The smallest absolute Gasteiger partial charge is 0.313 e. The third-order valence-corrected chi connectivity index (χ3v) is 3.66. The molecule has 2 rings (SSSR count). The number of nitrogens with one attached hydrogen (secondary N) is 2. The lowest BCUT2D eigenvalue weighted by molar-refractivity contribution is -0.136. The number of benzene rings is 1. The van der Waals surface area contributed by atoms with Gasteiger partial charge in [0.05, 0.1) is 12.2 Å². The summed E-state index contributed by atoms with van der Waals surface area (Å²) in [6, 6.07) is 10.7. The summed E-state index contributed by atoms with van der Waals surface area (Å²) < 4.78 is 0. The van der Waals surface area contributed by atoms with E-state index in [2.05, 4.69) is 10.6 Å². The predicted octanol–water partition coefficient (Wildman–Crippen LogP) is 1.71. The summed E-state index contributed by atoms with van der Waals surface area (Å²) in [6.45, 7) is 1.53. The summed E-state index contributed by atoms with van der Waals surface area (Å²) >= 11 is 1.42. The minimum atomic E-state index is -1.24. The Morgan fingerprint density at radius 1 is 1.19 bits per heavy atom. The van der Waals surface area contributed by atoms with Gasteiger partial charge < -0.3 is 15.7 Å². The number of aliphatic hydroxyl groups is 1. The van der Waals surface area contributed by atoms with E-state index >= 15 is 0 Å². The number of rotatable bonds is 4. The van der Waals surface area contributed by atoms with E-state index in [1.807, 2.05) is 6.07 Å². The average Bonchev–Trinajstić information content (AvgIpc) is 2.98. The highest BCUT2D eigenvalue weighted by Gasteiger charge is 2.25. The summed E-state index contributed by atoms with van der Waals surface area (Å²) in [6.07, 6.45) is 0. The highest BCUT2D eigenvalue weighted by molar-refractivity contribution is 7.08. The van der Waals surface area contributed by atoms with Crippen molar-refractivity contribution in [3.8, 4) is 0 Å². The molecular formula is C15H16N2O3S. The van der Waals surface area contributed by atoms with E-state index in [9.17, 15) is 14.7 Å². The number of thiophene rings is 1. The fourth-order valence-corrected chi connectivity index (χ4v) is 2.34. The first-order chi connectivity index (χ1) is 9.99. The second-order valence-corrected chi connectivity index (χ2v) is 5.57. The highest BCUT2D eigenvalue weighted by atomic mass is 32.1. The monoisotopic (exact) mass is 304 g/mol. The van der Waals surface area contributed by atoms with Crippen molar-refractivity contribution in [3.05, 3.63) is 52.7 Å². The lowest BCUT2D eigenvalue weighted by Crippen LogP contribution is -2.43. The summed E-state index contributed by atoms with van der Waals surface area (Å²) in [7, 11) is 0. The molecule has 2 amide bonds. The molecule has 3 N–H and O–H groups in total. The van der Waals surface area contributed by atoms with Crippen LogP contribution >= 0.6 is 11.3 Å². The summed E-state index contributed by atoms with van der Waals surface area (Å²) in [5.41, 5.74) is 0.0121. The first-order valence-electron chi connectivity index (χ1n) is 6.38. The lowest BCUT2D eigenvalue weighted by atomic mass is 9.96. The molecule has 1 heterocycles. The van der Waals surface area contributed by atoms with Crippen LogP contribution in [0.2, 0.25) is 0 Å². The Kier molecular flexibility index (Phi) is 4.72. The molecule has 0 spiro atoms. The van der Waals surface area contributed by atoms with Gasteiger partial charge in [-0.2, -0.15) is 11.3 Å². The van der Waals surface area contributed by atoms with Gasteiger partial charge in [-0.25, -0.2) is 0 Å². The second kappa shape index (κ2) is 6.51. The van der Waals surface area contributed by atoms with Crippen LogP contribution < -0.4 is 10.6 Å². The van der Waals surface area contributed by atoms with Crippen molar-refractivity contribution in [1.82, 2.24) is 5.32 Å². The fraction of sp³-hybridized carbons (Fsp3) is 0.200. The normalized spacial score (nSPS) is 13.2.